The number of carbonyl (C=O) groups is 1. The van der Waals surface area contributed by atoms with E-state index in [1.165, 1.54) is 6.92 Å². The average Bonchev–Trinajstić information content (AvgIpc) is 2.26. The second-order valence-electron chi connectivity index (χ2n) is 2.42. The molecule has 0 aliphatic carbocycles. The highest BCUT2D eigenvalue weighted by Gasteiger charge is 2.41. The first-order valence-electron chi connectivity index (χ1n) is 3.26. The maximum atomic E-state index is 11.9. The summed E-state index contributed by atoms with van der Waals surface area (Å²) < 4.78 is 35.6. The average molecular weight is 193 g/mol. The Morgan fingerprint density at radius 2 is 2.08 bits per heavy atom. The van der Waals surface area contributed by atoms with Gasteiger partial charge in [0.25, 0.3) is 5.78 Å². The molecule has 0 atom stereocenters. The van der Waals surface area contributed by atoms with Crippen LogP contribution in [0.5, 0.6) is 0 Å². The summed E-state index contributed by atoms with van der Waals surface area (Å²) in [4.78, 5) is 16.2. The Morgan fingerprint density at radius 1 is 1.54 bits per heavy atom. The minimum atomic E-state index is -4.91. The van der Waals surface area contributed by atoms with Crippen LogP contribution in [0.1, 0.15) is 16.2 Å². The molecule has 0 saturated heterocycles. The van der Waals surface area contributed by atoms with Gasteiger partial charge in [-0.2, -0.15) is 13.2 Å². The Bertz CT molecular complexity index is 341. The summed E-state index contributed by atoms with van der Waals surface area (Å²) in [7, 11) is 0. The highest BCUT2D eigenvalue weighted by molar-refractivity contribution is 5.99. The summed E-state index contributed by atoms with van der Waals surface area (Å²) in [6, 6.07) is 0. The molecule has 0 aliphatic rings. The fourth-order valence-corrected chi connectivity index (χ4v) is 0.839. The summed E-state index contributed by atoms with van der Waals surface area (Å²) in [5.74, 6) is -2.19. The number of halogens is 3. The number of carbonyl (C=O) groups excluding carboxylic acids is 1. The first-order chi connectivity index (χ1) is 5.82. The van der Waals surface area contributed by atoms with E-state index in [1.54, 1.807) is 0 Å². The van der Waals surface area contributed by atoms with E-state index in [0.717, 1.165) is 0 Å². The van der Waals surface area contributed by atoms with Gasteiger partial charge in [0.2, 0.25) is 0 Å². The van der Waals surface area contributed by atoms with E-state index < -0.39 is 17.7 Å². The molecular weight excluding hydrogens is 187 g/mol. The quantitative estimate of drug-likeness (QED) is 0.654. The lowest BCUT2D eigenvalue weighted by Crippen LogP contribution is -2.23. The molecule has 0 unspecified atom stereocenters. The molecule has 0 saturated carbocycles. The number of rotatable bonds is 1. The van der Waals surface area contributed by atoms with Crippen molar-refractivity contribution in [1.29, 1.82) is 0 Å². The number of aromatic amines is 1. The van der Waals surface area contributed by atoms with E-state index >= 15 is 0 Å². The minimum absolute atomic E-state index is 0.0137. The maximum absolute atomic E-state index is 11.9. The fourth-order valence-electron chi connectivity index (χ4n) is 0.839. The van der Waals surface area contributed by atoms with Gasteiger partial charge in [-0.05, 0) is 6.92 Å². The predicted molar refractivity (Wildman–Crippen MR) is 38.1 cm³/mol. The van der Waals surface area contributed by atoms with Crippen molar-refractivity contribution in [3.05, 3.63) is 11.4 Å². The number of Topliss-reactive ketones (excluding diaryl/α,β-unsaturated/α-hetero) is 1. The van der Waals surface area contributed by atoms with Crippen LogP contribution >= 0.6 is 0 Å². The number of H-pyrrole nitrogens is 1. The number of hydrogen-bond acceptors (Lipinski definition) is 3. The Hall–Kier alpha value is -1.53. The van der Waals surface area contributed by atoms with Gasteiger partial charge < -0.3 is 10.7 Å². The molecule has 7 heteroatoms. The lowest BCUT2D eigenvalue weighted by Gasteiger charge is -2.01. The SMILES string of the molecule is Cc1[nH]c(N)nc1C(=O)C(F)(F)F. The van der Waals surface area contributed by atoms with E-state index in [2.05, 4.69) is 9.97 Å². The molecule has 0 radical (unpaired) electrons. The summed E-state index contributed by atoms with van der Waals surface area (Å²) in [6.45, 7) is 1.29. The normalized spacial score (nSPS) is 11.7. The van der Waals surface area contributed by atoms with E-state index in [-0.39, 0.29) is 11.6 Å². The van der Waals surface area contributed by atoms with Crippen molar-refractivity contribution in [2.24, 2.45) is 0 Å². The summed E-state index contributed by atoms with van der Waals surface area (Å²) >= 11 is 0. The Labute approximate surface area is 71.0 Å². The fraction of sp³-hybridized carbons (Fsp3) is 0.333. The van der Waals surface area contributed by atoms with Gasteiger partial charge >= 0.3 is 6.18 Å². The summed E-state index contributed by atoms with van der Waals surface area (Å²) in [6.07, 6.45) is -4.91. The Morgan fingerprint density at radius 3 is 2.38 bits per heavy atom. The summed E-state index contributed by atoms with van der Waals surface area (Å²) in [5.41, 5.74) is 4.41. The molecule has 1 aromatic rings. The monoisotopic (exact) mass is 193 g/mol. The zero-order valence-corrected chi connectivity index (χ0v) is 6.57. The lowest BCUT2D eigenvalue weighted by molar-refractivity contribution is -0.0888. The molecule has 0 bridgehead atoms. The van der Waals surface area contributed by atoms with Crippen molar-refractivity contribution >= 4 is 11.7 Å². The van der Waals surface area contributed by atoms with Crippen LogP contribution in [-0.4, -0.2) is 21.9 Å². The van der Waals surface area contributed by atoms with Gasteiger partial charge in [-0.15, -0.1) is 0 Å². The first-order valence-corrected chi connectivity index (χ1v) is 3.26. The van der Waals surface area contributed by atoms with Crippen molar-refractivity contribution in [3.63, 3.8) is 0 Å². The van der Waals surface area contributed by atoms with E-state index in [0.29, 0.717) is 0 Å². The molecule has 4 nitrogen and oxygen atoms in total. The third kappa shape index (κ3) is 1.79. The molecule has 72 valence electrons. The van der Waals surface area contributed by atoms with Crippen LogP contribution in [0.3, 0.4) is 0 Å². The number of nitrogen functional groups attached to an aromatic ring is 1. The van der Waals surface area contributed by atoms with Crippen LogP contribution < -0.4 is 5.73 Å². The van der Waals surface area contributed by atoms with Gasteiger partial charge in [-0.1, -0.05) is 0 Å². The summed E-state index contributed by atoms with van der Waals surface area (Å²) in [5, 5.41) is 0. The van der Waals surface area contributed by atoms with Gasteiger partial charge in [0.15, 0.2) is 5.95 Å². The van der Waals surface area contributed by atoms with Crippen LogP contribution in [0.25, 0.3) is 0 Å². The molecule has 13 heavy (non-hydrogen) atoms. The molecule has 1 rings (SSSR count). The van der Waals surface area contributed by atoms with Crippen molar-refractivity contribution in [3.8, 4) is 0 Å². The second kappa shape index (κ2) is 2.75. The highest BCUT2D eigenvalue weighted by Crippen LogP contribution is 2.22. The number of ketones is 1. The van der Waals surface area contributed by atoms with Gasteiger partial charge in [-0.25, -0.2) is 4.98 Å². The van der Waals surface area contributed by atoms with Gasteiger partial charge in [0, 0.05) is 5.69 Å². The number of imidazole rings is 1. The minimum Gasteiger partial charge on any atom is -0.369 e. The van der Waals surface area contributed by atoms with Crippen molar-refractivity contribution in [1.82, 2.24) is 9.97 Å². The van der Waals surface area contributed by atoms with Gasteiger partial charge in [0.1, 0.15) is 5.69 Å². The second-order valence-corrected chi connectivity index (χ2v) is 2.42. The number of nitrogens with zero attached hydrogens (tertiary/aromatic N) is 1. The van der Waals surface area contributed by atoms with Crippen molar-refractivity contribution in [2.45, 2.75) is 13.1 Å². The largest absolute Gasteiger partial charge is 0.456 e. The topological polar surface area (TPSA) is 71.8 Å². The molecule has 0 amide bonds. The molecule has 0 spiro atoms. The van der Waals surface area contributed by atoms with Gasteiger partial charge in [0.05, 0.1) is 0 Å². The van der Waals surface area contributed by atoms with Crippen molar-refractivity contribution in [2.75, 3.05) is 5.73 Å². The van der Waals surface area contributed by atoms with E-state index in [1.807, 2.05) is 0 Å². The van der Waals surface area contributed by atoms with Gasteiger partial charge in [-0.3, -0.25) is 4.79 Å². The molecule has 1 heterocycles. The number of alkyl halides is 3. The standard InChI is InChI=1S/C6H6F3N3O/c1-2-3(12-5(10)11-2)4(13)6(7,8)9/h1H3,(H3,10,11,12). The lowest BCUT2D eigenvalue weighted by atomic mass is 10.2. The van der Waals surface area contributed by atoms with Crippen LogP contribution in [0, 0.1) is 6.92 Å². The zero-order valence-electron chi connectivity index (χ0n) is 6.57. The van der Waals surface area contributed by atoms with Crippen LogP contribution in [0.15, 0.2) is 0 Å². The highest BCUT2D eigenvalue weighted by atomic mass is 19.4. The number of anilines is 1. The predicted octanol–water partition coefficient (Wildman–Crippen LogP) is 1.05. The molecule has 0 aliphatic heterocycles. The smallest absolute Gasteiger partial charge is 0.369 e. The Balaban J connectivity index is 3.09. The maximum Gasteiger partial charge on any atom is 0.456 e. The molecule has 3 N–H and O–H groups in total. The number of nitrogens with one attached hydrogen (secondary N) is 1. The molecule has 0 aromatic carbocycles. The Kier molecular flexibility index (Phi) is 2.02. The van der Waals surface area contributed by atoms with E-state index in [4.69, 9.17) is 5.73 Å². The number of aromatic nitrogens is 2. The van der Waals surface area contributed by atoms with E-state index in [9.17, 15) is 18.0 Å². The number of aryl methyl sites for hydroxylation is 1. The number of nitrogens with two attached hydrogens (primary N) is 1. The van der Waals surface area contributed by atoms with Crippen LogP contribution in [0.4, 0.5) is 19.1 Å². The third-order valence-electron chi connectivity index (χ3n) is 1.38. The number of hydrogen-bond donors (Lipinski definition) is 2. The zero-order chi connectivity index (χ0) is 10.2. The van der Waals surface area contributed by atoms with Crippen molar-refractivity contribution < 1.29 is 18.0 Å². The van der Waals surface area contributed by atoms with Crippen LogP contribution in [0.2, 0.25) is 0 Å². The molecular formula is C6H6F3N3O. The van der Waals surface area contributed by atoms with Crippen LogP contribution in [-0.2, 0) is 0 Å². The first kappa shape index (κ1) is 9.56. The third-order valence-corrected chi connectivity index (χ3v) is 1.38. The molecule has 0 fully saturated rings. The molecule has 1 aromatic heterocycles.